The SMILES string of the molecule is Cc1ccc(SNC(=O)c2cc3ccc(N(C)C)cc3o2)c(N)n1. The first-order valence-electron chi connectivity index (χ1n) is 7.35. The first kappa shape index (κ1) is 16.2. The van der Waals surface area contributed by atoms with Gasteiger partial charge in [-0.25, -0.2) is 4.98 Å². The van der Waals surface area contributed by atoms with Crippen molar-refractivity contribution >= 4 is 40.3 Å². The van der Waals surface area contributed by atoms with Gasteiger partial charge in [0.25, 0.3) is 5.91 Å². The minimum Gasteiger partial charge on any atom is -0.451 e. The second kappa shape index (κ2) is 6.45. The van der Waals surface area contributed by atoms with Gasteiger partial charge in [-0.15, -0.1) is 0 Å². The summed E-state index contributed by atoms with van der Waals surface area (Å²) in [6, 6.07) is 11.2. The van der Waals surface area contributed by atoms with Crippen LogP contribution >= 0.6 is 11.9 Å². The molecule has 2 aromatic heterocycles. The first-order valence-corrected chi connectivity index (χ1v) is 8.17. The molecule has 3 rings (SSSR count). The van der Waals surface area contributed by atoms with Gasteiger partial charge in [-0.3, -0.25) is 9.52 Å². The number of pyridine rings is 1. The van der Waals surface area contributed by atoms with E-state index in [4.69, 9.17) is 10.2 Å². The average Bonchev–Trinajstić information content (AvgIpc) is 2.96. The Hall–Kier alpha value is -2.67. The predicted octanol–water partition coefficient (Wildman–Crippen LogP) is 3.22. The maximum absolute atomic E-state index is 12.3. The van der Waals surface area contributed by atoms with Crippen LogP contribution in [-0.4, -0.2) is 25.0 Å². The molecule has 0 spiro atoms. The Bertz CT molecular complexity index is 905. The molecule has 7 heteroatoms. The first-order chi connectivity index (χ1) is 11.4. The number of anilines is 2. The van der Waals surface area contributed by atoms with Crippen molar-refractivity contribution in [2.24, 2.45) is 0 Å². The minimum absolute atomic E-state index is 0.257. The van der Waals surface area contributed by atoms with Crippen LogP contribution in [0, 0.1) is 6.92 Å². The number of benzene rings is 1. The number of nitrogens with two attached hydrogens (primary N) is 1. The summed E-state index contributed by atoms with van der Waals surface area (Å²) < 4.78 is 8.39. The zero-order valence-electron chi connectivity index (χ0n) is 13.7. The highest BCUT2D eigenvalue weighted by Gasteiger charge is 2.14. The van der Waals surface area contributed by atoms with Crippen LogP contribution < -0.4 is 15.4 Å². The lowest BCUT2D eigenvalue weighted by atomic mass is 10.2. The van der Waals surface area contributed by atoms with E-state index in [9.17, 15) is 4.79 Å². The highest BCUT2D eigenvalue weighted by atomic mass is 32.2. The molecule has 0 fully saturated rings. The highest BCUT2D eigenvalue weighted by molar-refractivity contribution is 7.98. The van der Waals surface area contributed by atoms with E-state index in [1.807, 2.05) is 56.3 Å². The zero-order valence-corrected chi connectivity index (χ0v) is 14.5. The monoisotopic (exact) mass is 342 g/mol. The van der Waals surface area contributed by atoms with Gasteiger partial charge in [0.2, 0.25) is 0 Å². The molecule has 1 aromatic carbocycles. The molecule has 0 saturated heterocycles. The molecule has 124 valence electrons. The van der Waals surface area contributed by atoms with Gasteiger partial charge in [-0.1, -0.05) is 0 Å². The van der Waals surface area contributed by atoms with Gasteiger partial charge < -0.3 is 15.1 Å². The molecule has 0 saturated carbocycles. The fraction of sp³-hybridized carbons (Fsp3) is 0.176. The van der Waals surface area contributed by atoms with Gasteiger partial charge in [-0.2, -0.15) is 0 Å². The Morgan fingerprint density at radius 1 is 1.25 bits per heavy atom. The van der Waals surface area contributed by atoms with Gasteiger partial charge in [0, 0.05) is 36.9 Å². The molecule has 6 nitrogen and oxygen atoms in total. The van der Waals surface area contributed by atoms with Crippen LogP contribution in [0.5, 0.6) is 0 Å². The molecule has 0 aliphatic carbocycles. The molecule has 0 aliphatic heterocycles. The van der Waals surface area contributed by atoms with E-state index in [0.29, 0.717) is 16.3 Å². The van der Waals surface area contributed by atoms with Crippen LogP contribution in [-0.2, 0) is 0 Å². The highest BCUT2D eigenvalue weighted by Crippen LogP contribution is 2.26. The Labute approximate surface area is 144 Å². The van der Waals surface area contributed by atoms with Crippen molar-refractivity contribution in [3.05, 3.63) is 47.9 Å². The summed E-state index contributed by atoms with van der Waals surface area (Å²) in [5, 5.41) is 0.882. The third-order valence-electron chi connectivity index (χ3n) is 3.52. The summed E-state index contributed by atoms with van der Waals surface area (Å²) in [6.45, 7) is 1.86. The van der Waals surface area contributed by atoms with E-state index >= 15 is 0 Å². The Kier molecular flexibility index (Phi) is 4.35. The fourth-order valence-electron chi connectivity index (χ4n) is 2.21. The Balaban J connectivity index is 1.76. The minimum atomic E-state index is -0.317. The van der Waals surface area contributed by atoms with E-state index in [2.05, 4.69) is 9.71 Å². The molecule has 0 aliphatic rings. The average molecular weight is 342 g/mol. The normalized spacial score (nSPS) is 10.8. The van der Waals surface area contributed by atoms with E-state index in [1.165, 1.54) is 0 Å². The summed E-state index contributed by atoms with van der Waals surface area (Å²) in [6.07, 6.45) is 0. The number of nitrogens with zero attached hydrogens (tertiary/aromatic N) is 2. The number of carbonyl (C=O) groups is 1. The summed E-state index contributed by atoms with van der Waals surface area (Å²) >= 11 is 1.12. The van der Waals surface area contributed by atoms with Crippen LogP contribution in [0.25, 0.3) is 11.0 Å². The quantitative estimate of drug-likeness (QED) is 0.708. The standard InChI is InChI=1S/C17H18N4O2S/c1-10-4-7-15(16(18)19-10)24-20-17(22)14-8-11-5-6-12(21(2)3)9-13(11)23-14/h4-9H,1-3H3,(H2,18,19)(H,20,22). The third kappa shape index (κ3) is 3.30. The predicted molar refractivity (Wildman–Crippen MR) is 97.3 cm³/mol. The molecular weight excluding hydrogens is 324 g/mol. The number of rotatable bonds is 4. The summed E-state index contributed by atoms with van der Waals surface area (Å²) in [4.78, 5) is 19.1. The largest absolute Gasteiger partial charge is 0.451 e. The number of hydrogen-bond acceptors (Lipinski definition) is 6. The lowest BCUT2D eigenvalue weighted by molar-refractivity contribution is 0.0959. The molecule has 0 bridgehead atoms. The van der Waals surface area contributed by atoms with Gasteiger partial charge in [0.05, 0.1) is 4.90 Å². The summed E-state index contributed by atoms with van der Waals surface area (Å²) in [5.74, 6) is 0.329. The van der Waals surface area contributed by atoms with Crippen molar-refractivity contribution in [2.45, 2.75) is 11.8 Å². The number of aromatic nitrogens is 1. The van der Waals surface area contributed by atoms with E-state index in [-0.39, 0.29) is 11.7 Å². The smallest absolute Gasteiger partial charge is 0.297 e. The van der Waals surface area contributed by atoms with E-state index in [1.54, 1.807) is 6.07 Å². The van der Waals surface area contributed by atoms with Gasteiger partial charge in [0.15, 0.2) is 5.76 Å². The Morgan fingerprint density at radius 2 is 2.04 bits per heavy atom. The topological polar surface area (TPSA) is 84.4 Å². The molecule has 0 radical (unpaired) electrons. The molecule has 2 heterocycles. The number of nitrogens with one attached hydrogen (secondary N) is 1. The van der Waals surface area contributed by atoms with Crippen molar-refractivity contribution in [3.63, 3.8) is 0 Å². The molecule has 0 unspecified atom stereocenters. The summed E-state index contributed by atoms with van der Waals surface area (Å²) in [5.41, 5.74) is 8.36. The van der Waals surface area contributed by atoms with Crippen molar-refractivity contribution in [3.8, 4) is 0 Å². The van der Waals surface area contributed by atoms with Gasteiger partial charge in [-0.05, 0) is 49.2 Å². The Morgan fingerprint density at radius 3 is 2.75 bits per heavy atom. The maximum atomic E-state index is 12.3. The van der Waals surface area contributed by atoms with Crippen molar-refractivity contribution in [1.82, 2.24) is 9.71 Å². The van der Waals surface area contributed by atoms with Crippen LogP contribution in [0.15, 0.2) is 45.7 Å². The number of aryl methyl sites for hydroxylation is 1. The number of carbonyl (C=O) groups excluding carboxylic acids is 1. The summed E-state index contributed by atoms with van der Waals surface area (Å²) in [7, 11) is 3.91. The van der Waals surface area contributed by atoms with Crippen LogP contribution in [0.1, 0.15) is 16.2 Å². The lowest BCUT2D eigenvalue weighted by Gasteiger charge is -2.11. The molecule has 24 heavy (non-hydrogen) atoms. The van der Waals surface area contributed by atoms with Crippen LogP contribution in [0.3, 0.4) is 0 Å². The molecule has 3 N–H and O–H groups in total. The van der Waals surface area contributed by atoms with Crippen LogP contribution in [0.2, 0.25) is 0 Å². The second-order valence-electron chi connectivity index (χ2n) is 5.60. The van der Waals surface area contributed by atoms with Crippen molar-refractivity contribution in [1.29, 1.82) is 0 Å². The van der Waals surface area contributed by atoms with Crippen molar-refractivity contribution < 1.29 is 9.21 Å². The molecule has 0 atom stereocenters. The van der Waals surface area contributed by atoms with E-state index in [0.717, 1.165) is 28.7 Å². The number of nitrogen functional groups attached to an aromatic ring is 1. The zero-order chi connectivity index (χ0) is 17.3. The van der Waals surface area contributed by atoms with Gasteiger partial charge >= 0.3 is 0 Å². The molecule has 3 aromatic rings. The number of amides is 1. The molecule has 1 amide bonds. The van der Waals surface area contributed by atoms with E-state index < -0.39 is 0 Å². The number of hydrogen-bond donors (Lipinski definition) is 2. The van der Waals surface area contributed by atoms with Crippen LogP contribution in [0.4, 0.5) is 11.5 Å². The lowest BCUT2D eigenvalue weighted by Crippen LogP contribution is -2.15. The number of furan rings is 1. The number of fused-ring (bicyclic) bond motifs is 1. The molecular formula is C17H18N4O2S. The van der Waals surface area contributed by atoms with Gasteiger partial charge in [0.1, 0.15) is 11.4 Å². The van der Waals surface area contributed by atoms with Crippen molar-refractivity contribution in [2.75, 3.05) is 24.7 Å². The maximum Gasteiger partial charge on any atom is 0.297 e. The fourth-order valence-corrected chi connectivity index (χ4v) is 2.80. The third-order valence-corrected chi connectivity index (χ3v) is 4.38. The second-order valence-corrected chi connectivity index (χ2v) is 6.44.